The van der Waals surface area contributed by atoms with Crippen LogP contribution in [0.5, 0.6) is 0 Å². The van der Waals surface area contributed by atoms with Crippen LogP contribution in [0.4, 0.5) is 23.7 Å². The Morgan fingerprint density at radius 3 is 2.67 bits per heavy atom. The molecule has 1 unspecified atom stereocenters. The van der Waals surface area contributed by atoms with E-state index in [1.54, 1.807) is 9.80 Å². The Labute approximate surface area is 251 Å². The number of ether oxygens (including phenoxy) is 1. The molecule has 0 aliphatic carbocycles. The summed E-state index contributed by atoms with van der Waals surface area (Å²) < 4.78 is 47.3. The van der Waals surface area contributed by atoms with Gasteiger partial charge in [-0.2, -0.15) is 13.2 Å². The van der Waals surface area contributed by atoms with Crippen molar-refractivity contribution in [1.82, 2.24) is 14.9 Å². The third-order valence-electron chi connectivity index (χ3n) is 7.72. The Hall–Kier alpha value is -3.49. The van der Waals surface area contributed by atoms with Gasteiger partial charge in [0.25, 0.3) is 0 Å². The number of thioether (sulfide) groups is 1. The first-order valence-electron chi connectivity index (χ1n) is 13.5. The Morgan fingerprint density at radius 2 is 1.95 bits per heavy atom. The smallest absolute Gasteiger partial charge is 0.419 e. The number of nitrogens with zero attached hydrogens (tertiary/aromatic N) is 5. The van der Waals surface area contributed by atoms with E-state index in [-0.39, 0.29) is 42.4 Å². The van der Waals surface area contributed by atoms with E-state index in [0.29, 0.717) is 43.2 Å². The molecule has 3 aromatic rings. The molecule has 0 radical (unpaired) electrons. The van der Waals surface area contributed by atoms with Crippen molar-refractivity contribution >= 4 is 35.1 Å². The number of benzene rings is 2. The molecule has 5 rings (SSSR count). The third kappa shape index (κ3) is 6.45. The van der Waals surface area contributed by atoms with Gasteiger partial charge in [-0.15, -0.1) is 0 Å². The number of amides is 1. The molecule has 2 atom stereocenters. The highest BCUT2D eigenvalue weighted by Crippen LogP contribution is 2.43. The van der Waals surface area contributed by atoms with Gasteiger partial charge in [0, 0.05) is 19.0 Å². The molecule has 2 aliphatic heterocycles. The summed E-state index contributed by atoms with van der Waals surface area (Å²) in [6, 6.07) is 13.3. The molecular weight excluding hydrogens is 587 g/mol. The van der Waals surface area contributed by atoms with Gasteiger partial charge in [-0.3, -0.25) is 4.90 Å². The zero-order chi connectivity index (χ0) is 29.9. The molecule has 220 valence electrons. The van der Waals surface area contributed by atoms with Crippen molar-refractivity contribution in [3.8, 4) is 0 Å². The fourth-order valence-electron chi connectivity index (χ4n) is 5.75. The monoisotopic (exact) mass is 615 g/mol. The molecule has 0 spiro atoms. The highest BCUT2D eigenvalue weighted by molar-refractivity contribution is 7.98. The maximum absolute atomic E-state index is 13.9. The average molecular weight is 616 g/mol. The molecule has 2 aromatic carbocycles. The van der Waals surface area contributed by atoms with Gasteiger partial charge in [0.15, 0.2) is 5.16 Å². The van der Waals surface area contributed by atoms with E-state index in [1.807, 2.05) is 36.6 Å². The molecule has 1 saturated heterocycles. The summed E-state index contributed by atoms with van der Waals surface area (Å²) in [4.78, 5) is 29.5. The van der Waals surface area contributed by atoms with Crippen molar-refractivity contribution in [2.45, 2.75) is 55.7 Å². The van der Waals surface area contributed by atoms with Gasteiger partial charge < -0.3 is 14.5 Å². The number of hydrogen-bond acceptors (Lipinski definition) is 6. The van der Waals surface area contributed by atoms with Crippen molar-refractivity contribution in [2.75, 3.05) is 30.8 Å². The van der Waals surface area contributed by atoms with Crippen LogP contribution in [0.15, 0.2) is 53.7 Å². The second kappa shape index (κ2) is 12.8. The highest BCUT2D eigenvalue weighted by atomic mass is 35.5. The number of aromatic nitrogens is 2. The number of fused-ring (bicyclic) bond motifs is 1. The van der Waals surface area contributed by atoms with E-state index in [1.165, 1.54) is 30.0 Å². The minimum Gasteiger partial charge on any atom is -0.445 e. The summed E-state index contributed by atoms with van der Waals surface area (Å²) in [6.07, 6.45) is -1.55. The summed E-state index contributed by atoms with van der Waals surface area (Å²) in [5.41, 5.74) is 2.56. The summed E-state index contributed by atoms with van der Waals surface area (Å²) in [5.74, 6) is -0.0268. The minimum absolute atomic E-state index is 0.0268. The van der Waals surface area contributed by atoms with Gasteiger partial charge in [-0.25, -0.2) is 21.3 Å². The molecule has 1 fully saturated rings. The molecule has 42 heavy (non-hydrogen) atoms. The number of piperidine rings is 1. The van der Waals surface area contributed by atoms with Crippen LogP contribution in [0.2, 0.25) is 5.02 Å². The number of halogens is 4. The Balaban J connectivity index is 1.37. The van der Waals surface area contributed by atoms with Gasteiger partial charge in [0.2, 0.25) is 6.54 Å². The first-order chi connectivity index (χ1) is 20.2. The van der Waals surface area contributed by atoms with Crippen LogP contribution in [0.3, 0.4) is 0 Å². The number of likely N-dealkylation sites (tertiary alicyclic amines) is 1. The molecule has 3 heterocycles. The molecule has 0 bridgehead atoms. The van der Waals surface area contributed by atoms with E-state index in [0.717, 1.165) is 16.8 Å². The maximum Gasteiger partial charge on any atom is 0.419 e. The number of alkyl halides is 3. The number of carbonyl (C=O) groups is 1. The number of rotatable bonds is 6. The summed E-state index contributed by atoms with van der Waals surface area (Å²) in [5, 5.41) is 0.207. The van der Waals surface area contributed by atoms with Crippen molar-refractivity contribution in [2.24, 2.45) is 0 Å². The predicted molar refractivity (Wildman–Crippen MR) is 156 cm³/mol. The Bertz CT molecular complexity index is 1480. The van der Waals surface area contributed by atoms with Crippen LogP contribution < -0.4 is 4.90 Å². The highest BCUT2D eigenvalue weighted by Gasteiger charge is 2.40. The summed E-state index contributed by atoms with van der Waals surface area (Å²) in [6.45, 7) is 8.74. The first kappa shape index (κ1) is 30.0. The third-order valence-corrected chi connectivity index (χ3v) is 8.58. The van der Waals surface area contributed by atoms with Crippen LogP contribution >= 0.6 is 23.4 Å². The van der Waals surface area contributed by atoms with Gasteiger partial charge in [-0.1, -0.05) is 59.8 Å². The standard InChI is InChI=1S/C30H29ClF3N5O2S/c1-35-16-21-15-20(11-14-39(21)29(40)41-18-19-7-4-3-5-8-19)27-22-12-13-38(17-24(22)36-28(37-27)42-2)25-10-6-9-23(31)26(25)30(32,33)34/h3-10,20-21H,11-18H2,2H3/t20?,21-/m1/s1. The fourth-order valence-corrected chi connectivity index (χ4v) is 6.42. The van der Waals surface area contributed by atoms with Crippen molar-refractivity contribution in [1.29, 1.82) is 0 Å². The SMILES string of the molecule is [C-]#[N+]C[C@H]1CC(c2nc(SC)nc3c2CCN(c2cccc(Cl)c2C(F)(F)F)C3)CCN1C(=O)OCc1ccccc1. The maximum atomic E-state index is 13.9. The number of anilines is 1. The van der Waals surface area contributed by atoms with Crippen LogP contribution in [-0.2, 0) is 30.5 Å². The van der Waals surface area contributed by atoms with E-state index in [4.69, 9.17) is 32.9 Å². The molecular formula is C30H29ClF3N5O2S. The molecule has 2 aliphatic rings. The van der Waals surface area contributed by atoms with Gasteiger partial charge in [0.05, 0.1) is 34.2 Å². The average Bonchev–Trinajstić information content (AvgIpc) is 2.99. The first-order valence-corrected chi connectivity index (χ1v) is 15.1. The zero-order valence-electron chi connectivity index (χ0n) is 22.9. The largest absolute Gasteiger partial charge is 0.445 e. The summed E-state index contributed by atoms with van der Waals surface area (Å²) >= 11 is 7.37. The molecule has 1 amide bonds. The van der Waals surface area contributed by atoms with E-state index in [2.05, 4.69) is 4.85 Å². The van der Waals surface area contributed by atoms with E-state index in [9.17, 15) is 18.0 Å². The fraction of sp³-hybridized carbons (Fsp3) is 0.400. The van der Waals surface area contributed by atoms with Crippen LogP contribution in [-0.4, -0.2) is 52.9 Å². The molecule has 12 heteroatoms. The lowest BCUT2D eigenvalue weighted by Crippen LogP contribution is -2.47. The quantitative estimate of drug-likeness (QED) is 0.166. The lowest BCUT2D eigenvalue weighted by Gasteiger charge is -2.38. The van der Waals surface area contributed by atoms with E-state index < -0.39 is 17.8 Å². The summed E-state index contributed by atoms with van der Waals surface area (Å²) in [7, 11) is 0. The lowest BCUT2D eigenvalue weighted by atomic mass is 9.84. The topological polar surface area (TPSA) is 62.9 Å². The molecule has 0 saturated carbocycles. The van der Waals surface area contributed by atoms with Gasteiger partial charge in [-0.05, 0) is 48.8 Å². The van der Waals surface area contributed by atoms with Crippen LogP contribution in [0, 0.1) is 6.57 Å². The minimum atomic E-state index is -4.59. The predicted octanol–water partition coefficient (Wildman–Crippen LogP) is 7.24. The van der Waals surface area contributed by atoms with E-state index >= 15 is 0 Å². The second-order valence-electron chi connectivity index (χ2n) is 10.3. The zero-order valence-corrected chi connectivity index (χ0v) is 24.5. The van der Waals surface area contributed by atoms with Crippen LogP contribution in [0.1, 0.15) is 46.8 Å². The van der Waals surface area contributed by atoms with Gasteiger partial charge in [0.1, 0.15) is 12.6 Å². The Kier molecular flexibility index (Phi) is 9.13. The number of hydrogen-bond donors (Lipinski definition) is 0. The lowest BCUT2D eigenvalue weighted by molar-refractivity contribution is -0.137. The van der Waals surface area contributed by atoms with Crippen LogP contribution in [0.25, 0.3) is 4.85 Å². The van der Waals surface area contributed by atoms with Gasteiger partial charge >= 0.3 is 12.3 Å². The number of carbonyl (C=O) groups excluding carboxylic acids is 1. The molecule has 1 aromatic heterocycles. The van der Waals surface area contributed by atoms with Crippen molar-refractivity contribution < 1.29 is 22.7 Å². The van der Waals surface area contributed by atoms with Crippen molar-refractivity contribution in [3.05, 3.63) is 93.0 Å². The second-order valence-corrected chi connectivity index (χ2v) is 11.5. The Morgan fingerprint density at radius 1 is 1.17 bits per heavy atom. The van der Waals surface area contributed by atoms with Crippen molar-refractivity contribution in [3.63, 3.8) is 0 Å². The molecule has 7 nitrogen and oxygen atoms in total. The normalized spacial score (nSPS) is 18.8. The molecule has 0 N–H and O–H groups in total.